The highest BCUT2D eigenvalue weighted by molar-refractivity contribution is 6.09. The van der Waals surface area contributed by atoms with Crippen LogP contribution in [0.4, 0.5) is 4.39 Å². The second-order valence-corrected chi connectivity index (χ2v) is 9.55. The molecule has 5 rings (SSSR count). The first-order chi connectivity index (χ1) is 16.4. The van der Waals surface area contributed by atoms with E-state index in [9.17, 15) is 9.18 Å². The van der Waals surface area contributed by atoms with Crippen LogP contribution < -0.4 is 21.5 Å². The molecule has 2 aliphatic carbocycles. The fourth-order valence-corrected chi connectivity index (χ4v) is 4.68. The number of halogens is 2. The molecular formula is C25H32ClFN6O2. The fourth-order valence-electron chi connectivity index (χ4n) is 4.68. The second-order valence-electron chi connectivity index (χ2n) is 9.55. The first-order valence-corrected chi connectivity index (χ1v) is 12.0. The molecule has 2 fully saturated rings. The Bertz CT molecular complexity index is 1220. The standard InChI is InChI=1S/C25H31FN6O2.ClH/c1-13-21(25(33)32-17-6-4-16(28)5-7-17)23-24(31-13)22(29-12-30-23)18-8-15(10-27)19(26)9-20(18)34-11-14-2-3-14;/h8-9,12,14,16-17,31H,2-7,10-11,27-28H2,1H3,(H,32,33);1H. The van der Waals surface area contributed by atoms with E-state index in [1.54, 1.807) is 6.07 Å². The number of aryl methyl sites for hydroxylation is 1. The number of hydrogen-bond acceptors (Lipinski definition) is 6. The van der Waals surface area contributed by atoms with Crippen molar-refractivity contribution in [3.8, 4) is 17.0 Å². The average molecular weight is 503 g/mol. The number of aromatic nitrogens is 3. The third-order valence-electron chi connectivity index (χ3n) is 6.90. The van der Waals surface area contributed by atoms with Gasteiger partial charge >= 0.3 is 0 Å². The molecule has 0 radical (unpaired) electrons. The summed E-state index contributed by atoms with van der Waals surface area (Å²) in [5.74, 6) is 0.351. The molecule has 2 aromatic heterocycles. The van der Waals surface area contributed by atoms with Crippen LogP contribution in [0.25, 0.3) is 22.3 Å². The maximum absolute atomic E-state index is 14.6. The zero-order valence-electron chi connectivity index (χ0n) is 19.8. The van der Waals surface area contributed by atoms with Gasteiger partial charge in [0.1, 0.15) is 29.1 Å². The van der Waals surface area contributed by atoms with Crippen molar-refractivity contribution in [1.82, 2.24) is 20.3 Å². The van der Waals surface area contributed by atoms with E-state index in [0.29, 0.717) is 57.4 Å². The normalized spacial score (nSPS) is 19.9. The van der Waals surface area contributed by atoms with Crippen molar-refractivity contribution in [2.75, 3.05) is 6.61 Å². The van der Waals surface area contributed by atoms with Gasteiger partial charge in [0.15, 0.2) is 0 Å². The molecule has 0 unspecified atom stereocenters. The molecule has 35 heavy (non-hydrogen) atoms. The van der Waals surface area contributed by atoms with Gasteiger partial charge in [-0.25, -0.2) is 14.4 Å². The van der Waals surface area contributed by atoms with Crippen molar-refractivity contribution in [3.63, 3.8) is 0 Å². The van der Waals surface area contributed by atoms with E-state index in [2.05, 4.69) is 20.3 Å². The maximum Gasteiger partial charge on any atom is 0.255 e. The highest BCUT2D eigenvalue weighted by Gasteiger charge is 2.27. The first-order valence-electron chi connectivity index (χ1n) is 12.0. The van der Waals surface area contributed by atoms with Gasteiger partial charge in [-0.1, -0.05) is 0 Å². The van der Waals surface area contributed by atoms with Crippen LogP contribution in [0.5, 0.6) is 5.75 Å². The molecule has 10 heteroatoms. The van der Waals surface area contributed by atoms with E-state index in [4.69, 9.17) is 16.2 Å². The molecule has 1 aromatic carbocycles. The predicted molar refractivity (Wildman–Crippen MR) is 135 cm³/mol. The summed E-state index contributed by atoms with van der Waals surface area (Å²) >= 11 is 0. The van der Waals surface area contributed by atoms with Gasteiger partial charge in [0.25, 0.3) is 5.91 Å². The van der Waals surface area contributed by atoms with Crippen molar-refractivity contribution in [2.24, 2.45) is 17.4 Å². The van der Waals surface area contributed by atoms with Crippen molar-refractivity contribution in [2.45, 2.75) is 64.1 Å². The number of carbonyl (C=O) groups is 1. The van der Waals surface area contributed by atoms with Crippen molar-refractivity contribution in [3.05, 3.63) is 41.1 Å². The number of amides is 1. The molecule has 0 spiro atoms. The summed E-state index contributed by atoms with van der Waals surface area (Å²) in [5, 5.41) is 3.15. The zero-order valence-corrected chi connectivity index (χ0v) is 20.6. The summed E-state index contributed by atoms with van der Waals surface area (Å²) in [6, 6.07) is 3.37. The number of H-pyrrole nitrogens is 1. The van der Waals surface area contributed by atoms with Gasteiger partial charge < -0.3 is 26.5 Å². The van der Waals surface area contributed by atoms with Crippen LogP contribution in [0.1, 0.15) is 60.1 Å². The molecule has 8 nitrogen and oxygen atoms in total. The predicted octanol–water partition coefficient (Wildman–Crippen LogP) is 3.74. The van der Waals surface area contributed by atoms with Gasteiger partial charge in [-0.15, -0.1) is 12.4 Å². The molecule has 0 aliphatic heterocycles. The average Bonchev–Trinajstić information content (AvgIpc) is 3.59. The molecule has 0 saturated heterocycles. The van der Waals surface area contributed by atoms with E-state index in [0.717, 1.165) is 38.5 Å². The van der Waals surface area contributed by atoms with Crippen LogP contribution in [-0.2, 0) is 6.54 Å². The Morgan fingerprint density at radius 1 is 1.20 bits per heavy atom. The van der Waals surface area contributed by atoms with Crippen LogP contribution >= 0.6 is 12.4 Å². The zero-order chi connectivity index (χ0) is 23.8. The number of benzene rings is 1. The highest BCUT2D eigenvalue weighted by atomic mass is 35.5. The number of carbonyl (C=O) groups excluding carboxylic acids is 1. The Morgan fingerprint density at radius 2 is 1.94 bits per heavy atom. The number of ether oxygens (including phenoxy) is 1. The SMILES string of the molecule is Cc1[nH]c2c(-c3cc(CN)c(F)cc3OCC3CC3)ncnc2c1C(=O)NC1CCC(N)CC1.Cl. The Morgan fingerprint density at radius 3 is 2.63 bits per heavy atom. The summed E-state index contributed by atoms with van der Waals surface area (Å²) in [5.41, 5.74) is 15.7. The fraction of sp³-hybridized carbons (Fsp3) is 0.480. The smallest absolute Gasteiger partial charge is 0.255 e. The van der Waals surface area contributed by atoms with Crippen molar-refractivity contribution < 1.29 is 13.9 Å². The maximum atomic E-state index is 14.6. The first kappa shape index (κ1) is 25.3. The van der Waals surface area contributed by atoms with Gasteiger partial charge in [0, 0.05) is 41.5 Å². The number of fused-ring (bicyclic) bond motifs is 1. The Hall–Kier alpha value is -2.75. The number of nitrogens with zero attached hydrogens (tertiary/aromatic N) is 2. The lowest BCUT2D eigenvalue weighted by Gasteiger charge is -2.26. The van der Waals surface area contributed by atoms with Gasteiger partial charge in [0.2, 0.25) is 0 Å². The van der Waals surface area contributed by atoms with E-state index in [1.165, 1.54) is 12.4 Å². The van der Waals surface area contributed by atoms with Crippen LogP contribution in [0, 0.1) is 18.7 Å². The molecular weight excluding hydrogens is 471 g/mol. The quantitative estimate of drug-likeness (QED) is 0.389. The van der Waals surface area contributed by atoms with Crippen LogP contribution in [0.15, 0.2) is 18.5 Å². The lowest BCUT2D eigenvalue weighted by Crippen LogP contribution is -2.40. The largest absolute Gasteiger partial charge is 0.492 e. The van der Waals surface area contributed by atoms with Crippen LogP contribution in [0.2, 0.25) is 0 Å². The molecule has 3 aromatic rings. The number of rotatable bonds is 7. The molecule has 0 atom stereocenters. The Labute approximate surface area is 209 Å². The van der Waals surface area contributed by atoms with E-state index >= 15 is 0 Å². The lowest BCUT2D eigenvalue weighted by molar-refractivity contribution is 0.0927. The molecule has 2 heterocycles. The van der Waals surface area contributed by atoms with Gasteiger partial charge in [-0.3, -0.25) is 4.79 Å². The minimum atomic E-state index is -0.405. The summed E-state index contributed by atoms with van der Waals surface area (Å²) in [6.07, 6.45) is 7.22. The van der Waals surface area contributed by atoms with E-state index < -0.39 is 5.82 Å². The third kappa shape index (κ3) is 5.27. The molecule has 6 N–H and O–H groups in total. The summed E-state index contributed by atoms with van der Waals surface area (Å²) in [6.45, 7) is 2.43. The number of nitrogens with two attached hydrogens (primary N) is 2. The van der Waals surface area contributed by atoms with Gasteiger partial charge in [-0.05, 0) is 57.4 Å². The third-order valence-corrected chi connectivity index (χ3v) is 6.90. The van der Waals surface area contributed by atoms with Crippen LogP contribution in [0.3, 0.4) is 0 Å². The summed E-state index contributed by atoms with van der Waals surface area (Å²) in [4.78, 5) is 25.4. The minimum absolute atomic E-state index is 0. The molecule has 2 saturated carbocycles. The summed E-state index contributed by atoms with van der Waals surface area (Å²) < 4.78 is 20.6. The molecule has 1 amide bonds. The van der Waals surface area contributed by atoms with Crippen molar-refractivity contribution >= 4 is 29.3 Å². The molecule has 0 bridgehead atoms. The minimum Gasteiger partial charge on any atom is -0.492 e. The van der Waals surface area contributed by atoms with E-state index in [1.807, 2.05) is 6.92 Å². The molecule has 188 valence electrons. The molecule has 2 aliphatic rings. The van der Waals surface area contributed by atoms with Gasteiger partial charge in [0.05, 0.1) is 17.7 Å². The second kappa shape index (κ2) is 10.5. The van der Waals surface area contributed by atoms with E-state index in [-0.39, 0.29) is 36.9 Å². The number of hydrogen-bond donors (Lipinski definition) is 4. The summed E-state index contributed by atoms with van der Waals surface area (Å²) in [7, 11) is 0. The number of aromatic amines is 1. The Balaban J connectivity index is 0.00000289. The topological polar surface area (TPSA) is 132 Å². The highest BCUT2D eigenvalue weighted by Crippen LogP contribution is 2.38. The lowest BCUT2D eigenvalue weighted by atomic mass is 9.91. The number of nitrogens with one attached hydrogen (secondary N) is 2. The Kier molecular flexibility index (Phi) is 7.59. The van der Waals surface area contributed by atoms with Crippen LogP contribution in [-0.4, -0.2) is 39.5 Å². The monoisotopic (exact) mass is 502 g/mol. The van der Waals surface area contributed by atoms with Crippen molar-refractivity contribution in [1.29, 1.82) is 0 Å². The van der Waals surface area contributed by atoms with Gasteiger partial charge in [-0.2, -0.15) is 0 Å².